The van der Waals surface area contributed by atoms with Crippen LogP contribution in [0.5, 0.6) is 5.75 Å². The Morgan fingerprint density at radius 2 is 2.17 bits per heavy atom. The third kappa shape index (κ3) is 2.98. The van der Waals surface area contributed by atoms with Crippen LogP contribution in [0.4, 0.5) is 19.9 Å². The normalized spacial score (nSPS) is 9.89. The summed E-state index contributed by atoms with van der Waals surface area (Å²) in [5.41, 5.74) is 0.460. The number of urea groups is 1. The van der Waals surface area contributed by atoms with Gasteiger partial charge in [0, 0.05) is 11.8 Å². The smallest absolute Gasteiger partial charge is 0.324 e. The molecule has 2 amide bonds. The molecule has 4 nitrogen and oxygen atoms in total. The summed E-state index contributed by atoms with van der Waals surface area (Å²) in [5, 5.41) is 7.84. The number of methoxy groups -OCH3 is 1. The number of rotatable bonds is 3. The van der Waals surface area contributed by atoms with Crippen LogP contribution < -0.4 is 15.4 Å². The zero-order chi connectivity index (χ0) is 13.0. The number of benzene rings is 1. The summed E-state index contributed by atoms with van der Waals surface area (Å²) in [6, 6.07) is 7.36. The van der Waals surface area contributed by atoms with E-state index in [0.29, 0.717) is 5.69 Å². The molecule has 0 aliphatic rings. The first-order chi connectivity index (χ1) is 8.69. The van der Waals surface area contributed by atoms with Crippen LogP contribution in [-0.2, 0) is 0 Å². The highest BCUT2D eigenvalue weighted by Crippen LogP contribution is 2.22. The Hall–Kier alpha value is -2.08. The quantitative estimate of drug-likeness (QED) is 0.892. The second-order valence-corrected chi connectivity index (χ2v) is 4.35. The van der Waals surface area contributed by atoms with Gasteiger partial charge in [-0.25, -0.2) is 9.18 Å². The van der Waals surface area contributed by atoms with Crippen LogP contribution in [0.25, 0.3) is 0 Å². The van der Waals surface area contributed by atoms with Crippen LogP contribution in [-0.4, -0.2) is 13.1 Å². The Morgan fingerprint density at radius 1 is 1.33 bits per heavy atom. The number of carbonyl (C=O) groups excluding carboxylic acids is 1. The average molecular weight is 266 g/mol. The molecule has 0 spiro atoms. The van der Waals surface area contributed by atoms with Crippen LogP contribution in [0, 0.1) is 5.82 Å². The number of hydrogen-bond donors (Lipinski definition) is 2. The highest BCUT2D eigenvalue weighted by molar-refractivity contribution is 7.14. The molecule has 94 valence electrons. The molecule has 0 saturated carbocycles. The van der Waals surface area contributed by atoms with Gasteiger partial charge in [0.25, 0.3) is 0 Å². The van der Waals surface area contributed by atoms with E-state index in [9.17, 15) is 9.18 Å². The van der Waals surface area contributed by atoms with E-state index >= 15 is 0 Å². The van der Waals surface area contributed by atoms with Crippen molar-refractivity contribution in [2.45, 2.75) is 0 Å². The van der Waals surface area contributed by atoms with Gasteiger partial charge in [-0.3, -0.25) is 5.32 Å². The summed E-state index contributed by atoms with van der Waals surface area (Å²) in [4.78, 5) is 11.6. The largest absolute Gasteiger partial charge is 0.494 e. The Morgan fingerprint density at radius 3 is 2.83 bits per heavy atom. The fourth-order valence-electron chi connectivity index (χ4n) is 1.36. The van der Waals surface area contributed by atoms with Gasteiger partial charge in [-0.2, -0.15) is 0 Å². The minimum Gasteiger partial charge on any atom is -0.494 e. The van der Waals surface area contributed by atoms with Crippen LogP contribution in [0.3, 0.4) is 0 Å². The van der Waals surface area contributed by atoms with E-state index in [4.69, 9.17) is 4.74 Å². The third-order valence-electron chi connectivity index (χ3n) is 2.17. The van der Waals surface area contributed by atoms with Gasteiger partial charge in [-0.15, -0.1) is 11.3 Å². The number of thiophene rings is 1. The highest BCUT2D eigenvalue weighted by Gasteiger charge is 2.07. The van der Waals surface area contributed by atoms with Crippen LogP contribution in [0.1, 0.15) is 0 Å². The second kappa shape index (κ2) is 5.50. The average Bonchev–Trinajstić information content (AvgIpc) is 2.84. The summed E-state index contributed by atoms with van der Waals surface area (Å²) in [5.74, 6) is -0.384. The molecule has 0 aliphatic heterocycles. The molecule has 2 N–H and O–H groups in total. The summed E-state index contributed by atoms with van der Waals surface area (Å²) in [7, 11) is 1.37. The zero-order valence-corrected chi connectivity index (χ0v) is 10.4. The monoisotopic (exact) mass is 266 g/mol. The van der Waals surface area contributed by atoms with Crippen molar-refractivity contribution < 1.29 is 13.9 Å². The van der Waals surface area contributed by atoms with Crippen molar-refractivity contribution in [3.05, 3.63) is 41.5 Å². The second-order valence-electron chi connectivity index (χ2n) is 3.41. The third-order valence-corrected chi connectivity index (χ3v) is 2.95. The van der Waals surface area contributed by atoms with Crippen molar-refractivity contribution in [1.82, 2.24) is 0 Å². The topological polar surface area (TPSA) is 50.4 Å². The van der Waals surface area contributed by atoms with E-state index in [1.165, 1.54) is 36.6 Å². The lowest BCUT2D eigenvalue weighted by molar-refractivity contribution is 0.262. The van der Waals surface area contributed by atoms with Crippen molar-refractivity contribution in [3.8, 4) is 5.75 Å². The summed E-state index contributed by atoms with van der Waals surface area (Å²) in [6.07, 6.45) is 0. The molecule has 6 heteroatoms. The van der Waals surface area contributed by atoms with Gasteiger partial charge < -0.3 is 10.1 Å². The number of anilines is 2. The molecule has 0 fully saturated rings. The Kier molecular flexibility index (Phi) is 3.78. The number of amides is 2. The molecule has 0 saturated heterocycles. The molecule has 0 atom stereocenters. The molecular weight excluding hydrogens is 255 g/mol. The molecule has 2 rings (SSSR count). The fourth-order valence-corrected chi connectivity index (χ4v) is 1.97. The summed E-state index contributed by atoms with van der Waals surface area (Å²) < 4.78 is 18.0. The SMILES string of the molecule is COc1cc(NC(=O)Nc2cccs2)ccc1F. The zero-order valence-electron chi connectivity index (χ0n) is 9.57. The van der Waals surface area contributed by atoms with Gasteiger partial charge in [0.05, 0.1) is 12.1 Å². The van der Waals surface area contributed by atoms with Crippen molar-refractivity contribution in [2.75, 3.05) is 17.7 Å². The molecular formula is C12H11FN2O2S. The molecule has 1 heterocycles. The summed E-state index contributed by atoms with van der Waals surface area (Å²) >= 11 is 1.42. The van der Waals surface area contributed by atoms with Gasteiger partial charge in [0.15, 0.2) is 11.6 Å². The minimum absolute atomic E-state index is 0.0870. The first-order valence-electron chi connectivity index (χ1n) is 5.14. The number of carbonyl (C=O) groups is 1. The van der Waals surface area contributed by atoms with Gasteiger partial charge in [0.1, 0.15) is 0 Å². The van der Waals surface area contributed by atoms with Gasteiger partial charge in [0.2, 0.25) is 0 Å². The lowest BCUT2D eigenvalue weighted by Gasteiger charge is -2.08. The molecule has 0 radical (unpaired) electrons. The first-order valence-corrected chi connectivity index (χ1v) is 6.02. The van der Waals surface area contributed by atoms with Gasteiger partial charge >= 0.3 is 6.03 Å². The molecule has 0 aliphatic carbocycles. The standard InChI is InChI=1S/C12H11FN2O2S/c1-17-10-7-8(4-5-9(10)13)14-12(16)15-11-3-2-6-18-11/h2-7H,1H3,(H2,14,15,16). The lowest BCUT2D eigenvalue weighted by atomic mass is 10.3. The predicted molar refractivity (Wildman–Crippen MR) is 69.9 cm³/mol. The Labute approximate surface area is 107 Å². The minimum atomic E-state index is -0.471. The van der Waals surface area contributed by atoms with Crippen molar-refractivity contribution >= 4 is 28.1 Å². The molecule has 1 aromatic heterocycles. The first kappa shape index (κ1) is 12.4. The maximum Gasteiger partial charge on any atom is 0.324 e. The lowest BCUT2D eigenvalue weighted by Crippen LogP contribution is -2.18. The van der Waals surface area contributed by atoms with E-state index in [0.717, 1.165) is 5.00 Å². The van der Waals surface area contributed by atoms with Gasteiger partial charge in [-0.1, -0.05) is 0 Å². The van der Waals surface area contributed by atoms with E-state index in [1.54, 1.807) is 6.07 Å². The molecule has 18 heavy (non-hydrogen) atoms. The number of halogens is 1. The van der Waals surface area contributed by atoms with E-state index in [-0.39, 0.29) is 11.8 Å². The van der Waals surface area contributed by atoms with E-state index in [2.05, 4.69) is 10.6 Å². The number of ether oxygens (including phenoxy) is 1. The highest BCUT2D eigenvalue weighted by atomic mass is 32.1. The summed E-state index contributed by atoms with van der Waals surface area (Å²) in [6.45, 7) is 0. The Balaban J connectivity index is 2.03. The van der Waals surface area contributed by atoms with Crippen molar-refractivity contribution in [1.29, 1.82) is 0 Å². The van der Waals surface area contributed by atoms with Crippen LogP contribution in [0.2, 0.25) is 0 Å². The van der Waals surface area contributed by atoms with E-state index in [1.807, 2.05) is 11.4 Å². The molecule has 0 unspecified atom stereocenters. The number of hydrogen-bond acceptors (Lipinski definition) is 3. The molecule has 2 aromatic rings. The van der Waals surface area contributed by atoms with Crippen LogP contribution in [0.15, 0.2) is 35.7 Å². The predicted octanol–water partition coefficient (Wildman–Crippen LogP) is 3.54. The maximum atomic E-state index is 13.2. The van der Waals surface area contributed by atoms with Crippen molar-refractivity contribution in [2.24, 2.45) is 0 Å². The van der Waals surface area contributed by atoms with E-state index < -0.39 is 5.82 Å². The van der Waals surface area contributed by atoms with Gasteiger partial charge in [-0.05, 0) is 29.6 Å². The van der Waals surface area contributed by atoms with Crippen molar-refractivity contribution in [3.63, 3.8) is 0 Å². The van der Waals surface area contributed by atoms with Crippen LogP contribution >= 0.6 is 11.3 Å². The molecule has 1 aromatic carbocycles. The maximum absolute atomic E-state index is 13.2. The fraction of sp³-hybridized carbons (Fsp3) is 0.0833. The molecule has 0 bridgehead atoms. The number of nitrogens with one attached hydrogen (secondary N) is 2. The Bertz CT molecular complexity index is 543.